The Morgan fingerprint density at radius 1 is 1.32 bits per heavy atom. The summed E-state index contributed by atoms with van der Waals surface area (Å²) in [5, 5.41) is 24.6. The summed E-state index contributed by atoms with van der Waals surface area (Å²) in [6.45, 7) is 1.000. The van der Waals surface area contributed by atoms with Gasteiger partial charge in [-0.1, -0.05) is 24.1 Å². The molecule has 0 unspecified atom stereocenters. The van der Waals surface area contributed by atoms with Gasteiger partial charge in [-0.3, -0.25) is 19.1 Å². The third-order valence-corrected chi connectivity index (χ3v) is 7.75. The Hall–Kier alpha value is -2.82. The summed E-state index contributed by atoms with van der Waals surface area (Å²) < 4.78 is 23.5. The van der Waals surface area contributed by atoms with E-state index in [9.17, 15) is 24.6 Å². The lowest BCUT2D eigenvalue weighted by Crippen LogP contribution is -2.48. The summed E-state index contributed by atoms with van der Waals surface area (Å²) >= 11 is 5.62. The minimum absolute atomic E-state index is 0.355. The van der Waals surface area contributed by atoms with Crippen LogP contribution in [0.3, 0.4) is 0 Å². The van der Waals surface area contributed by atoms with Crippen LogP contribution < -0.4 is 20.9 Å². The fraction of sp³-hybridized carbons (Fsp3) is 0.435. The summed E-state index contributed by atoms with van der Waals surface area (Å²) in [6, 6.07) is 8.60. The molecule has 1 saturated heterocycles. The summed E-state index contributed by atoms with van der Waals surface area (Å²) in [4.78, 5) is 38.1. The lowest BCUT2D eigenvalue weighted by molar-refractivity contribution is -0.149. The third-order valence-electron chi connectivity index (χ3n) is 5.25. The van der Waals surface area contributed by atoms with Crippen molar-refractivity contribution in [1.29, 1.82) is 0 Å². The van der Waals surface area contributed by atoms with Crippen LogP contribution in [-0.2, 0) is 30.6 Å². The van der Waals surface area contributed by atoms with Gasteiger partial charge in [0.15, 0.2) is 11.8 Å². The van der Waals surface area contributed by atoms with Gasteiger partial charge in [0, 0.05) is 12.3 Å². The SMILES string of the molecule is C#C[C@@]1(O)[C@H](O)[C@@H](CO[P@@](=S)(N[C@@H](C)C(=O)OC(C)C)Oc2ccccc2)O[C@H]1n1ccc(=O)[nH]c1=O. The Morgan fingerprint density at radius 3 is 2.59 bits per heavy atom. The van der Waals surface area contributed by atoms with Gasteiger partial charge in [0.2, 0.25) is 0 Å². The van der Waals surface area contributed by atoms with Gasteiger partial charge >= 0.3 is 18.3 Å². The van der Waals surface area contributed by atoms with Crippen molar-refractivity contribution >= 4 is 24.4 Å². The van der Waals surface area contributed by atoms with Crippen molar-refractivity contribution in [2.45, 2.75) is 57.0 Å². The van der Waals surface area contributed by atoms with E-state index in [0.29, 0.717) is 5.75 Å². The highest BCUT2D eigenvalue weighted by Crippen LogP contribution is 2.47. The molecule has 37 heavy (non-hydrogen) atoms. The van der Waals surface area contributed by atoms with Crippen molar-refractivity contribution in [3.8, 4) is 18.1 Å². The fourth-order valence-electron chi connectivity index (χ4n) is 3.46. The third kappa shape index (κ3) is 6.74. The number of hydrogen-bond acceptors (Lipinski definition) is 10. The highest BCUT2D eigenvalue weighted by atomic mass is 32.5. The first kappa shape index (κ1) is 28.7. The standard InChI is InChI=1S/C23H28N3O9PS/c1-5-23(31)19(28)17(34-21(23)26-12-11-18(27)24-22(26)30)13-32-36(37,35-16-9-7-6-8-10-16)25-15(4)20(29)33-14(2)3/h1,6-12,14-15,17,19,21,28,31H,13H2,2-4H3,(H,25,37)(H,24,27,30)/t15-,17+,19+,21+,23+,36-/m0/s1. The van der Waals surface area contributed by atoms with Crippen LogP contribution in [0.4, 0.5) is 0 Å². The van der Waals surface area contributed by atoms with Crippen molar-refractivity contribution in [2.24, 2.45) is 0 Å². The minimum Gasteiger partial charge on any atom is -0.462 e. The summed E-state index contributed by atoms with van der Waals surface area (Å²) in [7, 11) is 0. The molecule has 1 fully saturated rings. The summed E-state index contributed by atoms with van der Waals surface area (Å²) in [6.07, 6.45) is 1.66. The number of H-pyrrole nitrogens is 1. The molecule has 14 heteroatoms. The summed E-state index contributed by atoms with van der Waals surface area (Å²) in [5.41, 5.74) is -3.92. The van der Waals surface area contributed by atoms with E-state index < -0.39 is 60.5 Å². The minimum atomic E-state index is -3.49. The number of hydrogen-bond donors (Lipinski definition) is 4. The second-order valence-corrected chi connectivity index (χ2v) is 11.6. The topological polar surface area (TPSA) is 161 Å². The van der Waals surface area contributed by atoms with Gasteiger partial charge in [-0.15, -0.1) is 6.42 Å². The average molecular weight is 554 g/mol. The number of terminal acetylenes is 1. The molecule has 0 bridgehead atoms. The number of carbonyl (C=O) groups is 1. The maximum Gasteiger partial charge on any atom is 0.330 e. The van der Waals surface area contributed by atoms with E-state index in [1.165, 1.54) is 6.92 Å². The number of aliphatic hydroxyl groups is 2. The van der Waals surface area contributed by atoms with E-state index in [4.69, 9.17) is 36.8 Å². The molecular formula is C23H28N3O9PS. The average Bonchev–Trinajstić information content (AvgIpc) is 3.08. The Kier molecular flexibility index (Phi) is 9.09. The first-order chi connectivity index (χ1) is 17.4. The zero-order chi connectivity index (χ0) is 27.4. The zero-order valence-corrected chi connectivity index (χ0v) is 22.0. The Bertz CT molecular complexity index is 1310. The van der Waals surface area contributed by atoms with Crippen molar-refractivity contribution in [2.75, 3.05) is 6.61 Å². The monoisotopic (exact) mass is 553 g/mol. The quantitative estimate of drug-likeness (QED) is 0.183. The fourth-order valence-corrected chi connectivity index (χ4v) is 5.87. The molecule has 0 saturated carbocycles. The molecule has 6 atom stereocenters. The smallest absolute Gasteiger partial charge is 0.330 e. The van der Waals surface area contributed by atoms with Gasteiger partial charge in [0.05, 0.1) is 12.7 Å². The van der Waals surface area contributed by atoms with E-state index in [0.717, 1.165) is 16.8 Å². The predicted molar refractivity (Wildman–Crippen MR) is 136 cm³/mol. The first-order valence-corrected chi connectivity index (χ1v) is 13.8. The Labute approximate surface area is 217 Å². The second-order valence-electron chi connectivity index (χ2n) is 8.49. The van der Waals surface area contributed by atoms with Gasteiger partial charge in [0.1, 0.15) is 24.0 Å². The van der Waals surface area contributed by atoms with Crippen molar-refractivity contribution in [1.82, 2.24) is 14.6 Å². The Balaban J connectivity index is 1.84. The number of carbonyl (C=O) groups excluding carboxylic acids is 1. The zero-order valence-electron chi connectivity index (χ0n) is 20.3. The van der Waals surface area contributed by atoms with E-state index in [2.05, 4.69) is 11.0 Å². The van der Waals surface area contributed by atoms with Crippen molar-refractivity contribution in [3.63, 3.8) is 0 Å². The van der Waals surface area contributed by atoms with Crippen LogP contribution in [0.2, 0.25) is 0 Å². The molecule has 2 heterocycles. The van der Waals surface area contributed by atoms with Crippen LogP contribution in [0.5, 0.6) is 5.75 Å². The van der Waals surface area contributed by atoms with E-state index in [-0.39, 0.29) is 6.10 Å². The van der Waals surface area contributed by atoms with E-state index >= 15 is 0 Å². The molecule has 12 nitrogen and oxygen atoms in total. The van der Waals surface area contributed by atoms with Crippen LogP contribution in [0.25, 0.3) is 0 Å². The predicted octanol–water partition coefficient (Wildman–Crippen LogP) is 0.409. The molecule has 1 aromatic carbocycles. The summed E-state index contributed by atoms with van der Waals surface area (Å²) in [5.74, 6) is 1.83. The number of aromatic amines is 1. The van der Waals surface area contributed by atoms with Crippen LogP contribution in [0.15, 0.2) is 52.2 Å². The van der Waals surface area contributed by atoms with Gasteiger partial charge in [-0.25, -0.2) is 9.88 Å². The molecule has 0 amide bonds. The van der Waals surface area contributed by atoms with Gasteiger partial charge < -0.3 is 28.7 Å². The van der Waals surface area contributed by atoms with Gasteiger partial charge in [-0.05, 0) is 44.7 Å². The molecule has 3 rings (SSSR count). The Morgan fingerprint density at radius 2 is 2.00 bits per heavy atom. The van der Waals surface area contributed by atoms with Crippen LogP contribution >= 0.6 is 6.64 Å². The number of nitrogens with zero attached hydrogens (tertiary/aromatic N) is 1. The molecular weight excluding hydrogens is 525 g/mol. The molecule has 0 radical (unpaired) electrons. The van der Waals surface area contributed by atoms with Crippen LogP contribution in [0.1, 0.15) is 27.0 Å². The number of rotatable bonds is 10. The molecule has 4 N–H and O–H groups in total. The first-order valence-electron chi connectivity index (χ1n) is 11.2. The van der Waals surface area contributed by atoms with E-state index in [1.807, 2.05) is 4.98 Å². The normalized spacial score (nSPS) is 25.7. The maximum absolute atomic E-state index is 12.4. The second kappa shape index (κ2) is 11.7. The number of nitrogens with one attached hydrogen (secondary N) is 2. The highest BCUT2D eigenvalue weighted by molar-refractivity contribution is 8.09. The molecule has 0 spiro atoms. The number of aromatic nitrogens is 2. The van der Waals surface area contributed by atoms with Crippen molar-refractivity contribution < 1.29 is 33.5 Å². The number of benzene rings is 1. The lowest BCUT2D eigenvalue weighted by atomic mass is 9.95. The van der Waals surface area contributed by atoms with Gasteiger partial charge in [-0.2, -0.15) is 0 Å². The number of para-hydroxylation sites is 1. The molecule has 2 aromatic rings. The molecule has 200 valence electrons. The largest absolute Gasteiger partial charge is 0.462 e. The molecule has 1 aliphatic rings. The highest BCUT2D eigenvalue weighted by Gasteiger charge is 2.56. The number of aliphatic hydroxyl groups excluding tert-OH is 1. The van der Waals surface area contributed by atoms with Gasteiger partial charge in [0.25, 0.3) is 5.56 Å². The van der Waals surface area contributed by atoms with E-state index in [1.54, 1.807) is 44.2 Å². The molecule has 1 aromatic heterocycles. The van der Waals surface area contributed by atoms with Crippen LogP contribution in [-0.4, -0.2) is 62.3 Å². The maximum atomic E-state index is 12.4. The molecule has 0 aliphatic carbocycles. The van der Waals surface area contributed by atoms with Crippen molar-refractivity contribution in [3.05, 3.63) is 63.4 Å². The molecule has 1 aliphatic heterocycles. The van der Waals surface area contributed by atoms with Crippen LogP contribution in [0, 0.1) is 12.3 Å². The lowest BCUT2D eigenvalue weighted by Gasteiger charge is -2.28. The number of esters is 1. The number of ether oxygens (including phenoxy) is 2.